The molecule has 0 rings (SSSR count). The van der Waals surface area contributed by atoms with Gasteiger partial charge in [-0.05, 0) is 0 Å². The Bertz CT molecular complexity index is 3.61. The summed E-state index contributed by atoms with van der Waals surface area (Å²) >= 11 is 0. The molecule has 0 aliphatic carbocycles. The normalized spacial score (nSPS) is 0.800. The molecule has 0 aromatic rings. The monoisotopic (exact) mass is 78.1 g/mol. The van der Waals surface area contributed by atoms with Crippen LogP contribution >= 0.6 is 0 Å². The Balaban J connectivity index is -0.00000000167. The van der Waals surface area contributed by atoms with E-state index < -0.39 is 0 Å². The number of carbonyl (C=O) groups is 1. The van der Waals surface area contributed by atoms with Crippen LogP contribution in [-0.4, -0.2) is 6.79 Å². The molecular weight excluding hydrogens is 64.0 g/mol. The van der Waals surface area contributed by atoms with Crippen molar-refractivity contribution in [3.8, 4) is 0 Å². The van der Waals surface area contributed by atoms with Gasteiger partial charge < -0.3 is 4.79 Å². The molecule has 0 aromatic heterocycles. The van der Waals surface area contributed by atoms with E-state index in [0.717, 1.165) is 0 Å². The van der Waals surface area contributed by atoms with E-state index in [1.807, 2.05) is 6.79 Å². The number of hydrogen-bond donors (Lipinski definition) is 0. The van der Waals surface area contributed by atoms with E-state index in [0.29, 0.717) is 0 Å². The van der Waals surface area contributed by atoms with Crippen molar-refractivity contribution in [1.29, 1.82) is 0 Å². The Hall–Kier alpha value is -0.330. The molecule has 0 amide bonds. The largest absolute Gasteiger partial charge is 0.307 e. The van der Waals surface area contributed by atoms with Crippen molar-refractivity contribution in [3.63, 3.8) is 0 Å². The molecule has 5 heavy (non-hydrogen) atoms. The van der Waals surface area contributed by atoms with E-state index >= 15 is 0 Å². The molecule has 0 bridgehead atoms. The van der Waals surface area contributed by atoms with Crippen molar-refractivity contribution in [3.05, 3.63) is 0 Å². The van der Waals surface area contributed by atoms with Crippen LogP contribution in [-0.2, 0) is 4.79 Å². The smallest absolute Gasteiger partial charge is 0.106 e. The molecular formula is C4H14O. The molecule has 0 N–H and O–H groups in total. The lowest BCUT2D eigenvalue weighted by molar-refractivity contribution is -0.0979. The zero-order valence-corrected chi connectivity index (χ0v) is 1.12. The summed E-state index contributed by atoms with van der Waals surface area (Å²) in [4.78, 5) is 8.00. The number of hydrogen-bond acceptors (Lipinski definition) is 1. The molecule has 0 aliphatic heterocycles. The van der Waals surface area contributed by atoms with Crippen LogP contribution < -0.4 is 0 Å². The van der Waals surface area contributed by atoms with E-state index in [4.69, 9.17) is 4.79 Å². The fourth-order valence-electron chi connectivity index (χ4n) is 0. The van der Waals surface area contributed by atoms with Gasteiger partial charge in [0.05, 0.1) is 0 Å². The standard InChI is InChI=1S/CH2O.3CH4/c1-2;;;/h1H2;3*1H4. The average Bonchev–Trinajstić information content (AvgIpc) is 1.00. The molecule has 0 unspecified atom stereocenters. The van der Waals surface area contributed by atoms with E-state index in [1.54, 1.807) is 0 Å². The predicted molar refractivity (Wildman–Crippen MR) is 27.3 cm³/mol. The maximum atomic E-state index is 8.00. The summed E-state index contributed by atoms with van der Waals surface area (Å²) in [6.07, 6.45) is 0. The van der Waals surface area contributed by atoms with Crippen LogP contribution in [0.1, 0.15) is 22.3 Å². The van der Waals surface area contributed by atoms with Gasteiger partial charge in [0.25, 0.3) is 0 Å². The van der Waals surface area contributed by atoms with E-state index in [1.165, 1.54) is 0 Å². The second-order valence-electron chi connectivity index (χ2n) is 0. The SMILES string of the molecule is C.C.C.C=O. The first-order chi connectivity index (χ1) is 1.00. The average molecular weight is 78.2 g/mol. The summed E-state index contributed by atoms with van der Waals surface area (Å²) in [6.45, 7) is 2.00. The summed E-state index contributed by atoms with van der Waals surface area (Å²) < 4.78 is 0. The first-order valence-corrected chi connectivity index (χ1v) is 0.289. The van der Waals surface area contributed by atoms with Gasteiger partial charge in [-0.3, -0.25) is 0 Å². The summed E-state index contributed by atoms with van der Waals surface area (Å²) in [5, 5.41) is 0. The van der Waals surface area contributed by atoms with Crippen molar-refractivity contribution < 1.29 is 4.79 Å². The molecule has 0 radical (unpaired) electrons. The van der Waals surface area contributed by atoms with Crippen LogP contribution in [0, 0.1) is 0 Å². The minimum atomic E-state index is 0. The highest BCUT2D eigenvalue weighted by molar-refractivity contribution is 5.10. The molecule has 0 saturated heterocycles. The molecule has 0 atom stereocenters. The molecule has 0 spiro atoms. The summed E-state index contributed by atoms with van der Waals surface area (Å²) in [7, 11) is 0. The Morgan fingerprint density at radius 1 is 0.800 bits per heavy atom. The molecule has 1 nitrogen and oxygen atoms in total. The van der Waals surface area contributed by atoms with Gasteiger partial charge in [0.1, 0.15) is 6.79 Å². The molecule has 0 aliphatic rings. The third kappa shape index (κ3) is 94.0. The molecule has 0 aromatic carbocycles. The molecule has 0 saturated carbocycles. The predicted octanol–water partition coefficient (Wildman–Crippen LogP) is 1.72. The lowest BCUT2D eigenvalue weighted by Crippen LogP contribution is -0.925. The van der Waals surface area contributed by atoms with Crippen molar-refractivity contribution in [2.75, 3.05) is 0 Å². The maximum Gasteiger partial charge on any atom is 0.106 e. The molecule has 36 valence electrons. The fourth-order valence-corrected chi connectivity index (χ4v) is 0. The van der Waals surface area contributed by atoms with E-state index in [2.05, 4.69) is 0 Å². The summed E-state index contributed by atoms with van der Waals surface area (Å²) in [5.74, 6) is 0. The highest BCUT2D eigenvalue weighted by atomic mass is 16.1. The van der Waals surface area contributed by atoms with Crippen molar-refractivity contribution in [2.24, 2.45) is 0 Å². The Kier molecular flexibility index (Phi) is 6730. The van der Waals surface area contributed by atoms with Gasteiger partial charge in [-0.2, -0.15) is 0 Å². The second kappa shape index (κ2) is 240. The molecule has 1 heteroatoms. The number of rotatable bonds is 0. The Labute approximate surface area is 35.0 Å². The first kappa shape index (κ1) is 140. The van der Waals surface area contributed by atoms with Gasteiger partial charge in [-0.1, -0.05) is 22.3 Å². The van der Waals surface area contributed by atoms with E-state index in [9.17, 15) is 0 Å². The Morgan fingerprint density at radius 3 is 0.800 bits per heavy atom. The topological polar surface area (TPSA) is 17.1 Å². The second-order valence-corrected chi connectivity index (χ2v) is 0. The van der Waals surface area contributed by atoms with Crippen LogP contribution in [0.2, 0.25) is 0 Å². The maximum absolute atomic E-state index is 8.00. The highest BCUT2D eigenvalue weighted by Crippen LogP contribution is 0.494. The van der Waals surface area contributed by atoms with Crippen molar-refractivity contribution in [1.82, 2.24) is 0 Å². The lowest BCUT2D eigenvalue weighted by Gasteiger charge is -0.837. The van der Waals surface area contributed by atoms with Gasteiger partial charge in [-0.15, -0.1) is 0 Å². The minimum Gasteiger partial charge on any atom is -0.307 e. The zero-order chi connectivity index (χ0) is 2.00. The van der Waals surface area contributed by atoms with Crippen molar-refractivity contribution in [2.45, 2.75) is 22.3 Å². The van der Waals surface area contributed by atoms with Crippen molar-refractivity contribution >= 4 is 6.79 Å². The highest BCUT2D eigenvalue weighted by Gasteiger charge is 0.636. The van der Waals surface area contributed by atoms with Gasteiger partial charge in [0.2, 0.25) is 0 Å². The number of carbonyl (C=O) groups excluding carboxylic acids is 1. The fraction of sp³-hybridized carbons (Fsp3) is 0.750. The van der Waals surface area contributed by atoms with Crippen LogP contribution in [0.4, 0.5) is 0 Å². The van der Waals surface area contributed by atoms with Crippen LogP contribution in [0.25, 0.3) is 0 Å². The van der Waals surface area contributed by atoms with Gasteiger partial charge >= 0.3 is 0 Å². The summed E-state index contributed by atoms with van der Waals surface area (Å²) in [6, 6.07) is 0. The van der Waals surface area contributed by atoms with E-state index in [-0.39, 0.29) is 22.3 Å². The minimum absolute atomic E-state index is 0. The zero-order valence-electron chi connectivity index (χ0n) is 1.12. The van der Waals surface area contributed by atoms with Crippen LogP contribution in [0.3, 0.4) is 0 Å². The van der Waals surface area contributed by atoms with Gasteiger partial charge in [0, 0.05) is 0 Å². The molecule has 0 fully saturated rings. The molecule has 0 heterocycles. The Morgan fingerprint density at radius 2 is 0.800 bits per heavy atom. The van der Waals surface area contributed by atoms with Gasteiger partial charge in [0.15, 0.2) is 0 Å². The third-order valence-electron chi connectivity index (χ3n) is 0. The van der Waals surface area contributed by atoms with Crippen LogP contribution in [0.15, 0.2) is 0 Å². The van der Waals surface area contributed by atoms with Crippen LogP contribution in [0.5, 0.6) is 0 Å². The first-order valence-electron chi connectivity index (χ1n) is 0.289. The third-order valence-corrected chi connectivity index (χ3v) is 0. The lowest BCUT2D eigenvalue weighted by atomic mass is 11.9. The van der Waals surface area contributed by atoms with Gasteiger partial charge in [-0.25, -0.2) is 0 Å². The quantitative estimate of drug-likeness (QED) is 0.431. The summed E-state index contributed by atoms with van der Waals surface area (Å²) in [5.41, 5.74) is 0.